The number of carbonyl (C=O) groups excluding carboxylic acids is 1. The highest BCUT2D eigenvalue weighted by atomic mass is 32.1. The van der Waals surface area contributed by atoms with E-state index in [-0.39, 0.29) is 17.3 Å². The molecule has 2 aromatic heterocycles. The average Bonchev–Trinajstić information content (AvgIpc) is 2.88. The molecular weight excluding hydrogens is 244 g/mol. The van der Waals surface area contributed by atoms with E-state index in [4.69, 9.17) is 5.11 Å². The average molecular weight is 252 g/mol. The Morgan fingerprint density at radius 1 is 1.47 bits per heavy atom. The molecule has 0 unspecified atom stereocenters. The van der Waals surface area contributed by atoms with Crippen molar-refractivity contribution in [2.45, 2.75) is 6.54 Å². The highest BCUT2D eigenvalue weighted by Crippen LogP contribution is 2.21. The van der Waals surface area contributed by atoms with Gasteiger partial charge in [-0.25, -0.2) is 14.5 Å². The van der Waals surface area contributed by atoms with Crippen molar-refractivity contribution in [3.63, 3.8) is 0 Å². The minimum Gasteiger partial charge on any atom is -0.477 e. The van der Waals surface area contributed by atoms with E-state index in [1.54, 1.807) is 6.07 Å². The minimum absolute atomic E-state index is 0.0420. The summed E-state index contributed by atoms with van der Waals surface area (Å²) in [4.78, 5) is 26.0. The topological polar surface area (TPSA) is 97.1 Å². The molecule has 0 bridgehead atoms. The molecule has 0 atom stereocenters. The molecule has 7 nitrogen and oxygen atoms in total. The number of anilines is 1. The quantitative estimate of drug-likeness (QED) is 0.833. The Morgan fingerprint density at radius 3 is 2.88 bits per heavy atom. The summed E-state index contributed by atoms with van der Waals surface area (Å²) in [5, 5.41) is 15.6. The Morgan fingerprint density at radius 2 is 2.29 bits per heavy atom. The molecule has 0 spiro atoms. The van der Waals surface area contributed by atoms with Crippen LogP contribution in [0.15, 0.2) is 24.8 Å². The molecule has 8 heteroatoms. The first kappa shape index (κ1) is 11.3. The number of nitrogens with zero attached hydrogens (tertiary/aromatic N) is 3. The van der Waals surface area contributed by atoms with Crippen LogP contribution >= 0.6 is 11.3 Å². The molecule has 0 fully saturated rings. The monoisotopic (exact) mass is 252 g/mol. The zero-order valence-corrected chi connectivity index (χ0v) is 9.35. The lowest BCUT2D eigenvalue weighted by atomic mass is 10.4. The number of thiophene rings is 1. The predicted molar refractivity (Wildman–Crippen MR) is 59.9 cm³/mol. The van der Waals surface area contributed by atoms with Crippen molar-refractivity contribution in [2.24, 2.45) is 0 Å². The van der Waals surface area contributed by atoms with Crippen LogP contribution in [-0.4, -0.2) is 31.7 Å². The van der Waals surface area contributed by atoms with Gasteiger partial charge in [0.1, 0.15) is 24.1 Å². The Labute approximate surface area is 99.7 Å². The number of aromatic carboxylic acids is 1. The minimum atomic E-state index is -1.01. The van der Waals surface area contributed by atoms with E-state index in [1.807, 2.05) is 0 Å². The lowest BCUT2D eigenvalue weighted by Crippen LogP contribution is -2.18. The summed E-state index contributed by atoms with van der Waals surface area (Å²) < 4.78 is 1.38. The summed E-state index contributed by atoms with van der Waals surface area (Å²) in [6.07, 6.45) is 2.76. The van der Waals surface area contributed by atoms with Gasteiger partial charge in [-0.05, 0) is 12.1 Å². The van der Waals surface area contributed by atoms with Gasteiger partial charge >= 0.3 is 5.97 Å². The van der Waals surface area contributed by atoms with E-state index in [0.29, 0.717) is 5.00 Å². The fraction of sp³-hybridized carbons (Fsp3) is 0.111. The second-order valence-corrected chi connectivity index (χ2v) is 4.19. The van der Waals surface area contributed by atoms with Gasteiger partial charge in [0, 0.05) is 0 Å². The van der Waals surface area contributed by atoms with Gasteiger partial charge in [-0.15, -0.1) is 11.3 Å². The van der Waals surface area contributed by atoms with Crippen molar-refractivity contribution in [3.8, 4) is 0 Å². The molecule has 17 heavy (non-hydrogen) atoms. The van der Waals surface area contributed by atoms with Crippen LogP contribution in [-0.2, 0) is 11.3 Å². The van der Waals surface area contributed by atoms with Crippen LogP contribution in [0.2, 0.25) is 0 Å². The van der Waals surface area contributed by atoms with E-state index in [2.05, 4.69) is 15.4 Å². The Balaban J connectivity index is 1.96. The summed E-state index contributed by atoms with van der Waals surface area (Å²) in [5.41, 5.74) is 0. The van der Waals surface area contributed by atoms with Crippen LogP contribution in [0, 0.1) is 0 Å². The molecular formula is C9H8N4O3S. The molecule has 0 saturated heterocycles. The first-order chi connectivity index (χ1) is 8.15. The number of rotatable bonds is 4. The third kappa shape index (κ3) is 2.88. The van der Waals surface area contributed by atoms with Gasteiger partial charge in [0.25, 0.3) is 0 Å². The van der Waals surface area contributed by atoms with E-state index in [0.717, 1.165) is 11.3 Å². The smallest absolute Gasteiger partial charge is 0.345 e. The van der Waals surface area contributed by atoms with Crippen molar-refractivity contribution in [3.05, 3.63) is 29.7 Å². The molecule has 2 N–H and O–H groups in total. The Kier molecular flexibility index (Phi) is 3.15. The number of carboxylic acid groups (broad SMARTS) is 1. The molecule has 0 saturated carbocycles. The molecule has 2 rings (SSSR count). The van der Waals surface area contributed by atoms with E-state index in [9.17, 15) is 9.59 Å². The lowest BCUT2D eigenvalue weighted by molar-refractivity contribution is -0.116. The number of nitrogens with one attached hydrogen (secondary N) is 1. The van der Waals surface area contributed by atoms with E-state index in [1.165, 1.54) is 23.4 Å². The summed E-state index contributed by atoms with van der Waals surface area (Å²) in [6, 6.07) is 2.99. The van der Waals surface area contributed by atoms with Crippen LogP contribution < -0.4 is 5.32 Å². The van der Waals surface area contributed by atoms with Crippen molar-refractivity contribution < 1.29 is 14.7 Å². The molecule has 2 heterocycles. The van der Waals surface area contributed by atoms with Crippen LogP contribution in [0.3, 0.4) is 0 Å². The van der Waals surface area contributed by atoms with Gasteiger partial charge in [-0.1, -0.05) is 0 Å². The molecule has 0 aliphatic rings. The fourth-order valence-electron chi connectivity index (χ4n) is 1.16. The second-order valence-electron chi connectivity index (χ2n) is 3.11. The molecule has 88 valence electrons. The number of hydrogen-bond acceptors (Lipinski definition) is 5. The summed E-state index contributed by atoms with van der Waals surface area (Å²) in [5.74, 6) is -1.29. The van der Waals surface area contributed by atoms with Gasteiger partial charge in [-0.3, -0.25) is 4.79 Å². The SMILES string of the molecule is O=C(Cn1cncn1)Nc1ccc(C(=O)O)s1. The predicted octanol–water partition coefficient (Wildman–Crippen LogP) is 0.676. The molecule has 0 aliphatic heterocycles. The number of aromatic nitrogens is 3. The highest BCUT2D eigenvalue weighted by molar-refractivity contribution is 7.18. The van der Waals surface area contributed by atoms with Crippen molar-refractivity contribution in [1.82, 2.24) is 14.8 Å². The van der Waals surface area contributed by atoms with Crippen LogP contribution in [0.25, 0.3) is 0 Å². The standard InChI is InChI=1S/C9H8N4O3S/c14-7(3-13-5-10-4-11-13)12-8-2-1-6(17-8)9(15)16/h1-2,4-5H,3H2,(H,12,14)(H,15,16). The number of carbonyl (C=O) groups is 2. The van der Waals surface area contributed by atoms with E-state index < -0.39 is 5.97 Å². The van der Waals surface area contributed by atoms with Gasteiger partial charge in [0.2, 0.25) is 5.91 Å². The third-order valence-corrected chi connectivity index (χ3v) is 2.84. The summed E-state index contributed by atoms with van der Waals surface area (Å²) in [7, 11) is 0. The van der Waals surface area contributed by atoms with Gasteiger partial charge < -0.3 is 10.4 Å². The maximum atomic E-state index is 11.5. The van der Waals surface area contributed by atoms with Gasteiger partial charge in [0.15, 0.2) is 0 Å². The number of hydrogen-bond donors (Lipinski definition) is 2. The second kappa shape index (κ2) is 4.74. The largest absolute Gasteiger partial charge is 0.477 e. The Bertz CT molecular complexity index is 534. The van der Waals surface area contributed by atoms with Crippen molar-refractivity contribution >= 4 is 28.2 Å². The van der Waals surface area contributed by atoms with Crippen molar-refractivity contribution in [1.29, 1.82) is 0 Å². The van der Waals surface area contributed by atoms with Crippen LogP contribution in [0.5, 0.6) is 0 Å². The lowest BCUT2D eigenvalue weighted by Gasteiger charge is -2.01. The maximum Gasteiger partial charge on any atom is 0.345 e. The first-order valence-electron chi connectivity index (χ1n) is 4.60. The number of carboxylic acids is 1. The first-order valence-corrected chi connectivity index (χ1v) is 5.42. The van der Waals surface area contributed by atoms with Gasteiger partial charge in [-0.2, -0.15) is 5.10 Å². The van der Waals surface area contributed by atoms with Gasteiger partial charge in [0.05, 0.1) is 5.00 Å². The highest BCUT2D eigenvalue weighted by Gasteiger charge is 2.09. The van der Waals surface area contributed by atoms with E-state index >= 15 is 0 Å². The molecule has 1 amide bonds. The third-order valence-electron chi connectivity index (χ3n) is 1.85. The maximum absolute atomic E-state index is 11.5. The molecule has 2 aromatic rings. The fourth-order valence-corrected chi connectivity index (χ4v) is 1.92. The van der Waals surface area contributed by atoms with Crippen LogP contribution in [0.4, 0.5) is 5.00 Å². The van der Waals surface area contributed by atoms with Crippen molar-refractivity contribution in [2.75, 3.05) is 5.32 Å². The zero-order chi connectivity index (χ0) is 12.3. The zero-order valence-electron chi connectivity index (χ0n) is 8.53. The summed E-state index contributed by atoms with van der Waals surface area (Å²) >= 11 is 1.01. The van der Waals surface area contributed by atoms with Crippen LogP contribution in [0.1, 0.15) is 9.67 Å². The molecule has 0 aromatic carbocycles. The Hall–Kier alpha value is -2.22. The summed E-state index contributed by atoms with van der Waals surface area (Å²) in [6.45, 7) is 0.0420. The normalized spacial score (nSPS) is 10.1. The molecule has 0 aliphatic carbocycles. The number of amides is 1. The molecule has 0 radical (unpaired) electrons.